The Morgan fingerprint density at radius 1 is 1.22 bits per heavy atom. The van der Waals surface area contributed by atoms with Crippen LogP contribution in [0.1, 0.15) is 33.3 Å². The van der Waals surface area contributed by atoms with Crippen molar-refractivity contribution in [1.82, 2.24) is 5.43 Å². The number of hydrazone groups is 1. The predicted octanol–water partition coefficient (Wildman–Crippen LogP) is 2.79. The van der Waals surface area contributed by atoms with Gasteiger partial charge in [0, 0.05) is 18.2 Å². The molecule has 0 unspecified atom stereocenters. The van der Waals surface area contributed by atoms with Crippen LogP contribution in [-0.4, -0.2) is 17.7 Å². The second kappa shape index (κ2) is 7.01. The van der Waals surface area contributed by atoms with Crippen molar-refractivity contribution in [2.75, 3.05) is 5.32 Å². The van der Waals surface area contributed by atoms with Gasteiger partial charge in [-0.15, -0.1) is 12.4 Å². The van der Waals surface area contributed by atoms with Gasteiger partial charge in [-0.3, -0.25) is 4.79 Å². The number of rotatable bonds is 3. The van der Waals surface area contributed by atoms with Gasteiger partial charge in [-0.2, -0.15) is 5.10 Å². The van der Waals surface area contributed by atoms with Gasteiger partial charge in [0.15, 0.2) is 0 Å². The summed E-state index contributed by atoms with van der Waals surface area (Å²) < 4.78 is 0. The third-order valence-electron chi connectivity index (χ3n) is 1.84. The van der Waals surface area contributed by atoms with Gasteiger partial charge in [-0.1, -0.05) is 12.1 Å². The van der Waals surface area contributed by atoms with Crippen LogP contribution in [0.15, 0.2) is 29.4 Å². The first-order valence-electron chi connectivity index (χ1n) is 5.55. The van der Waals surface area contributed by atoms with E-state index in [2.05, 4.69) is 15.8 Å². The summed E-state index contributed by atoms with van der Waals surface area (Å²) in [7, 11) is 0. The Hall–Kier alpha value is -1.55. The van der Waals surface area contributed by atoms with Gasteiger partial charge >= 0.3 is 0 Å². The summed E-state index contributed by atoms with van der Waals surface area (Å²) in [5.74, 6) is -0.0687. The van der Waals surface area contributed by atoms with Crippen LogP contribution in [0, 0.1) is 0 Å². The number of halogens is 1. The van der Waals surface area contributed by atoms with E-state index in [9.17, 15) is 4.79 Å². The molecule has 100 valence electrons. The highest BCUT2D eigenvalue weighted by molar-refractivity contribution is 5.89. The zero-order valence-electron chi connectivity index (χ0n) is 11.2. The smallest absolute Gasteiger partial charge is 0.221 e. The maximum absolute atomic E-state index is 10.8. The van der Waals surface area contributed by atoms with Gasteiger partial charge in [0.05, 0.1) is 6.21 Å². The normalized spacial score (nSPS) is 10.9. The van der Waals surface area contributed by atoms with Crippen molar-refractivity contribution in [2.45, 2.75) is 33.2 Å². The Balaban J connectivity index is 0.00000289. The maximum Gasteiger partial charge on any atom is 0.221 e. The molecule has 0 atom stereocenters. The quantitative estimate of drug-likeness (QED) is 0.655. The Bertz CT molecular complexity index is 407. The molecule has 0 radical (unpaired) electrons. The van der Waals surface area contributed by atoms with E-state index in [-0.39, 0.29) is 23.9 Å². The highest BCUT2D eigenvalue weighted by Gasteiger charge is 2.05. The fraction of sp³-hybridized carbons (Fsp3) is 0.385. The molecule has 0 bridgehead atoms. The van der Waals surface area contributed by atoms with Crippen LogP contribution < -0.4 is 10.7 Å². The van der Waals surface area contributed by atoms with Crippen LogP contribution in [0.2, 0.25) is 0 Å². The van der Waals surface area contributed by atoms with E-state index in [1.54, 1.807) is 6.21 Å². The van der Waals surface area contributed by atoms with E-state index >= 15 is 0 Å². The van der Waals surface area contributed by atoms with Crippen molar-refractivity contribution in [3.05, 3.63) is 29.8 Å². The lowest BCUT2D eigenvalue weighted by Gasteiger charge is -2.16. The van der Waals surface area contributed by atoms with Crippen LogP contribution in [0.3, 0.4) is 0 Å². The second-order valence-corrected chi connectivity index (χ2v) is 4.92. The third-order valence-corrected chi connectivity index (χ3v) is 1.84. The predicted molar refractivity (Wildman–Crippen MR) is 78.5 cm³/mol. The Morgan fingerprint density at radius 3 is 2.22 bits per heavy atom. The number of anilines is 1. The van der Waals surface area contributed by atoms with Crippen LogP contribution in [-0.2, 0) is 4.79 Å². The number of carbonyl (C=O) groups excluding carboxylic acids is 1. The number of benzene rings is 1. The van der Waals surface area contributed by atoms with Gasteiger partial charge < -0.3 is 10.7 Å². The molecule has 0 aliphatic rings. The fourth-order valence-corrected chi connectivity index (χ4v) is 1.16. The van der Waals surface area contributed by atoms with Crippen molar-refractivity contribution in [3.8, 4) is 0 Å². The number of hydrogen-bond donors (Lipinski definition) is 2. The molecule has 1 amide bonds. The molecule has 0 fully saturated rings. The summed E-state index contributed by atoms with van der Waals surface area (Å²) in [6.07, 6.45) is 1.75. The summed E-state index contributed by atoms with van der Waals surface area (Å²) >= 11 is 0. The zero-order chi connectivity index (χ0) is 12.9. The molecule has 1 aromatic rings. The third kappa shape index (κ3) is 6.91. The second-order valence-electron chi connectivity index (χ2n) is 4.92. The van der Waals surface area contributed by atoms with Gasteiger partial charge in [0.1, 0.15) is 0 Å². The highest BCUT2D eigenvalue weighted by Crippen LogP contribution is 2.08. The summed E-state index contributed by atoms with van der Waals surface area (Å²) in [5, 5.41) is 6.85. The monoisotopic (exact) mass is 269 g/mol. The number of nitrogens with one attached hydrogen (secondary N) is 2. The Labute approximate surface area is 114 Å². The maximum atomic E-state index is 10.8. The lowest BCUT2D eigenvalue weighted by Crippen LogP contribution is -2.31. The fourth-order valence-electron chi connectivity index (χ4n) is 1.16. The largest absolute Gasteiger partial charge is 0.326 e. The average molecular weight is 270 g/mol. The lowest BCUT2D eigenvalue weighted by atomic mass is 10.1. The summed E-state index contributed by atoms with van der Waals surface area (Å²) in [4.78, 5) is 10.8. The molecule has 0 spiro atoms. The van der Waals surface area contributed by atoms with Gasteiger partial charge in [-0.05, 0) is 38.5 Å². The average Bonchev–Trinajstić information content (AvgIpc) is 2.18. The molecule has 0 aliphatic heterocycles. The topological polar surface area (TPSA) is 53.5 Å². The van der Waals surface area contributed by atoms with E-state index in [0.717, 1.165) is 11.3 Å². The van der Waals surface area contributed by atoms with Crippen LogP contribution in [0.5, 0.6) is 0 Å². The van der Waals surface area contributed by atoms with Crippen LogP contribution >= 0.6 is 12.4 Å². The summed E-state index contributed by atoms with van der Waals surface area (Å²) in [6.45, 7) is 7.63. The van der Waals surface area contributed by atoms with E-state index in [1.807, 2.05) is 45.0 Å². The van der Waals surface area contributed by atoms with E-state index in [0.29, 0.717) is 0 Å². The first-order valence-corrected chi connectivity index (χ1v) is 5.55. The van der Waals surface area contributed by atoms with Crippen molar-refractivity contribution in [2.24, 2.45) is 5.10 Å². The molecule has 1 aromatic carbocycles. The van der Waals surface area contributed by atoms with Gasteiger partial charge in [0.2, 0.25) is 5.91 Å². The van der Waals surface area contributed by atoms with Crippen molar-refractivity contribution in [3.63, 3.8) is 0 Å². The SMILES string of the molecule is CC(=O)Nc1ccc(/C=N/NC(C)(C)C)cc1.Cl. The number of hydrogen-bond acceptors (Lipinski definition) is 3. The molecule has 4 nitrogen and oxygen atoms in total. The Morgan fingerprint density at radius 2 is 1.78 bits per heavy atom. The molecule has 0 aromatic heterocycles. The van der Waals surface area contributed by atoms with Gasteiger partial charge in [0.25, 0.3) is 0 Å². The highest BCUT2D eigenvalue weighted by atomic mass is 35.5. The first-order chi connectivity index (χ1) is 7.87. The molecule has 18 heavy (non-hydrogen) atoms. The molecule has 0 saturated carbocycles. The molecule has 1 rings (SSSR count). The molecule has 0 heterocycles. The molecule has 0 saturated heterocycles. The number of amides is 1. The number of nitrogens with zero attached hydrogens (tertiary/aromatic N) is 1. The summed E-state index contributed by atoms with van der Waals surface area (Å²) in [6, 6.07) is 7.50. The van der Waals surface area contributed by atoms with Crippen molar-refractivity contribution in [1.29, 1.82) is 0 Å². The van der Waals surface area contributed by atoms with Gasteiger partial charge in [-0.25, -0.2) is 0 Å². The molecule has 2 N–H and O–H groups in total. The standard InChI is InChI=1S/C13H19N3O.ClH/c1-10(17)15-12-7-5-11(6-8-12)9-14-16-13(2,3)4;/h5-9,16H,1-4H3,(H,15,17);1H/b14-9+;. The molecule has 0 aliphatic carbocycles. The lowest BCUT2D eigenvalue weighted by molar-refractivity contribution is -0.114. The molecular weight excluding hydrogens is 250 g/mol. The van der Waals surface area contributed by atoms with Crippen LogP contribution in [0.25, 0.3) is 0 Å². The van der Waals surface area contributed by atoms with E-state index in [1.165, 1.54) is 6.92 Å². The molecular formula is C13H20ClN3O. The minimum Gasteiger partial charge on any atom is -0.326 e. The van der Waals surface area contributed by atoms with E-state index < -0.39 is 0 Å². The number of carbonyl (C=O) groups is 1. The minimum absolute atomic E-state index is 0. The van der Waals surface area contributed by atoms with E-state index in [4.69, 9.17) is 0 Å². The van der Waals surface area contributed by atoms with Crippen molar-refractivity contribution >= 4 is 30.2 Å². The summed E-state index contributed by atoms with van der Waals surface area (Å²) in [5.41, 5.74) is 4.75. The van der Waals surface area contributed by atoms with Crippen molar-refractivity contribution < 1.29 is 4.79 Å². The van der Waals surface area contributed by atoms with Crippen LogP contribution in [0.4, 0.5) is 5.69 Å². The minimum atomic E-state index is -0.0687. The Kier molecular flexibility index (Phi) is 6.41. The zero-order valence-corrected chi connectivity index (χ0v) is 12.0. The molecule has 5 heteroatoms. The first kappa shape index (κ1) is 16.4.